The number of aryl methyl sites for hydroxylation is 1. The molecule has 0 bridgehead atoms. The molecular weight excluding hydrogens is 470 g/mol. The Bertz CT molecular complexity index is 1160. The van der Waals surface area contributed by atoms with E-state index in [-0.39, 0.29) is 17.9 Å². The van der Waals surface area contributed by atoms with Crippen LogP contribution in [-0.4, -0.2) is 56.6 Å². The summed E-state index contributed by atoms with van der Waals surface area (Å²) in [5, 5.41) is 5.18. The Labute approximate surface area is 217 Å². The number of rotatable bonds is 11. The molecule has 0 fully saturated rings. The first-order valence-electron chi connectivity index (χ1n) is 12.6. The van der Waals surface area contributed by atoms with Crippen molar-refractivity contribution >= 4 is 28.8 Å². The number of hydrogen-bond donors (Lipinski definition) is 1. The Hall–Kier alpha value is -3.16. The lowest BCUT2D eigenvalue weighted by Gasteiger charge is -2.41. The van der Waals surface area contributed by atoms with Crippen LogP contribution in [0.3, 0.4) is 0 Å². The smallest absolute Gasteiger partial charge is 0.254 e. The van der Waals surface area contributed by atoms with Gasteiger partial charge in [0.25, 0.3) is 5.91 Å². The number of amides is 2. The predicted octanol–water partition coefficient (Wildman–Crippen LogP) is 5.02. The highest BCUT2D eigenvalue weighted by Gasteiger charge is 2.44. The molecule has 3 aromatic rings. The van der Waals surface area contributed by atoms with Gasteiger partial charge >= 0.3 is 0 Å². The van der Waals surface area contributed by atoms with Crippen molar-refractivity contribution in [3.63, 3.8) is 0 Å². The van der Waals surface area contributed by atoms with E-state index in [4.69, 9.17) is 4.74 Å². The highest BCUT2D eigenvalue weighted by atomic mass is 32.1. The number of carbonyl (C=O) groups excluding carboxylic acids is 2. The molecule has 190 valence electrons. The molecule has 2 aromatic carbocycles. The summed E-state index contributed by atoms with van der Waals surface area (Å²) in [6.45, 7) is 7.43. The molecule has 6 nitrogen and oxygen atoms in total. The molecular formula is C29H35N3O3S. The van der Waals surface area contributed by atoms with Crippen molar-refractivity contribution in [2.24, 2.45) is 0 Å². The van der Waals surface area contributed by atoms with E-state index >= 15 is 0 Å². The SMILES string of the molecule is CCN(CCCNC(=O)[C@H]1c2ccccc2C(=O)N(CCOC)[C@H]1c1cccs1)c1cccc(C)c1. The minimum absolute atomic E-state index is 0.0469. The molecule has 2 atom stereocenters. The number of nitrogens with one attached hydrogen (secondary N) is 1. The van der Waals surface area contributed by atoms with Gasteiger partial charge in [-0.3, -0.25) is 9.59 Å². The van der Waals surface area contributed by atoms with Gasteiger partial charge in [-0.15, -0.1) is 11.3 Å². The molecule has 1 aromatic heterocycles. The van der Waals surface area contributed by atoms with Crippen LogP contribution in [0.25, 0.3) is 0 Å². The molecule has 0 spiro atoms. The number of anilines is 1. The van der Waals surface area contributed by atoms with E-state index in [0.717, 1.165) is 30.0 Å². The van der Waals surface area contributed by atoms with E-state index in [0.29, 0.717) is 25.3 Å². The molecule has 0 radical (unpaired) electrons. The largest absolute Gasteiger partial charge is 0.383 e. The standard InChI is InChI=1S/C29H35N3O3S/c1-4-31(22-11-7-10-21(2)20-22)16-9-15-30-28(33)26-23-12-5-6-13-24(23)29(34)32(17-18-35-3)27(26)25-14-8-19-36-25/h5-8,10-14,19-20,26-27H,4,9,15-18H2,1-3H3,(H,30,33)/t26-,27-/m0/s1. The minimum Gasteiger partial charge on any atom is -0.383 e. The highest BCUT2D eigenvalue weighted by molar-refractivity contribution is 7.10. The number of fused-ring (bicyclic) bond motifs is 1. The van der Waals surface area contributed by atoms with E-state index in [9.17, 15) is 9.59 Å². The summed E-state index contributed by atoms with van der Waals surface area (Å²) in [6, 6.07) is 19.6. The van der Waals surface area contributed by atoms with Crippen molar-refractivity contribution in [3.8, 4) is 0 Å². The van der Waals surface area contributed by atoms with E-state index in [1.54, 1.807) is 23.3 Å². The lowest BCUT2D eigenvalue weighted by molar-refractivity contribution is -0.124. The van der Waals surface area contributed by atoms with Gasteiger partial charge in [-0.1, -0.05) is 36.4 Å². The molecule has 0 saturated heterocycles. The van der Waals surface area contributed by atoms with Gasteiger partial charge in [0, 0.05) is 49.4 Å². The molecule has 2 heterocycles. The van der Waals surface area contributed by atoms with Crippen LogP contribution in [0.5, 0.6) is 0 Å². The van der Waals surface area contributed by atoms with Crippen LogP contribution in [0.2, 0.25) is 0 Å². The van der Waals surface area contributed by atoms with E-state index < -0.39 is 5.92 Å². The second-order valence-electron chi connectivity index (χ2n) is 9.08. The van der Waals surface area contributed by atoms with Gasteiger partial charge in [-0.05, 0) is 61.0 Å². The molecule has 36 heavy (non-hydrogen) atoms. The maximum absolute atomic E-state index is 13.7. The molecule has 1 N–H and O–H groups in total. The molecule has 0 aliphatic carbocycles. The maximum atomic E-state index is 13.7. The van der Waals surface area contributed by atoms with Crippen molar-refractivity contribution in [3.05, 3.63) is 87.6 Å². The number of ether oxygens (including phenoxy) is 1. The monoisotopic (exact) mass is 505 g/mol. The fourth-order valence-electron chi connectivity index (χ4n) is 4.97. The van der Waals surface area contributed by atoms with Crippen LogP contribution in [0.4, 0.5) is 5.69 Å². The Morgan fingerprint density at radius 2 is 1.97 bits per heavy atom. The summed E-state index contributed by atoms with van der Waals surface area (Å²) in [7, 11) is 1.63. The van der Waals surface area contributed by atoms with Gasteiger partial charge in [-0.2, -0.15) is 0 Å². The Kier molecular flexibility index (Phi) is 8.78. The second kappa shape index (κ2) is 12.2. The van der Waals surface area contributed by atoms with Crippen molar-refractivity contribution < 1.29 is 14.3 Å². The zero-order valence-electron chi connectivity index (χ0n) is 21.3. The Morgan fingerprint density at radius 3 is 2.69 bits per heavy atom. The Morgan fingerprint density at radius 1 is 1.14 bits per heavy atom. The molecule has 7 heteroatoms. The zero-order valence-corrected chi connectivity index (χ0v) is 22.1. The highest BCUT2D eigenvalue weighted by Crippen LogP contribution is 2.44. The number of methoxy groups -OCH3 is 1. The fraction of sp³-hybridized carbons (Fsp3) is 0.379. The van der Waals surface area contributed by atoms with Crippen LogP contribution in [-0.2, 0) is 9.53 Å². The number of carbonyl (C=O) groups is 2. The number of hydrogen-bond acceptors (Lipinski definition) is 5. The molecule has 1 aliphatic rings. The quantitative estimate of drug-likeness (QED) is 0.372. The van der Waals surface area contributed by atoms with Crippen LogP contribution in [0.1, 0.15) is 51.7 Å². The van der Waals surface area contributed by atoms with E-state index in [2.05, 4.69) is 48.3 Å². The van der Waals surface area contributed by atoms with Crippen molar-refractivity contribution in [1.82, 2.24) is 10.2 Å². The lowest BCUT2D eigenvalue weighted by atomic mass is 9.81. The minimum atomic E-state index is -0.478. The normalized spacial score (nSPS) is 17.1. The predicted molar refractivity (Wildman–Crippen MR) is 146 cm³/mol. The third-order valence-corrected chi connectivity index (χ3v) is 7.69. The zero-order chi connectivity index (χ0) is 25.5. The average molecular weight is 506 g/mol. The summed E-state index contributed by atoms with van der Waals surface area (Å²) in [4.78, 5) is 32.3. The van der Waals surface area contributed by atoms with Gasteiger partial charge in [0.05, 0.1) is 18.6 Å². The summed E-state index contributed by atoms with van der Waals surface area (Å²) in [5.41, 5.74) is 3.83. The first kappa shape index (κ1) is 25.9. The first-order chi connectivity index (χ1) is 17.5. The molecule has 0 saturated carbocycles. The number of nitrogens with zero attached hydrogens (tertiary/aromatic N) is 2. The fourth-order valence-corrected chi connectivity index (χ4v) is 5.85. The van der Waals surface area contributed by atoms with Crippen LogP contribution in [0, 0.1) is 6.92 Å². The van der Waals surface area contributed by atoms with Gasteiger partial charge < -0.3 is 19.9 Å². The van der Waals surface area contributed by atoms with Crippen molar-refractivity contribution in [2.75, 3.05) is 44.8 Å². The van der Waals surface area contributed by atoms with Gasteiger partial charge in [0.2, 0.25) is 5.91 Å². The molecule has 2 amide bonds. The summed E-state index contributed by atoms with van der Waals surface area (Å²) in [6.07, 6.45) is 0.831. The third-order valence-electron chi connectivity index (χ3n) is 6.74. The lowest BCUT2D eigenvalue weighted by Crippen LogP contribution is -2.48. The van der Waals surface area contributed by atoms with E-state index in [1.165, 1.54) is 11.3 Å². The molecule has 1 aliphatic heterocycles. The Balaban J connectivity index is 1.52. The molecule has 4 rings (SSSR count). The first-order valence-corrected chi connectivity index (χ1v) is 13.4. The summed E-state index contributed by atoms with van der Waals surface area (Å²) in [5.74, 6) is -0.579. The average Bonchev–Trinajstić information content (AvgIpc) is 3.42. The summed E-state index contributed by atoms with van der Waals surface area (Å²) >= 11 is 1.58. The van der Waals surface area contributed by atoms with Crippen LogP contribution < -0.4 is 10.2 Å². The number of thiophene rings is 1. The van der Waals surface area contributed by atoms with Crippen LogP contribution >= 0.6 is 11.3 Å². The van der Waals surface area contributed by atoms with Crippen molar-refractivity contribution in [1.29, 1.82) is 0 Å². The summed E-state index contributed by atoms with van der Waals surface area (Å²) < 4.78 is 5.30. The van der Waals surface area contributed by atoms with Gasteiger partial charge in [0.15, 0.2) is 0 Å². The molecule has 0 unspecified atom stereocenters. The topological polar surface area (TPSA) is 61.9 Å². The van der Waals surface area contributed by atoms with E-state index in [1.807, 2.05) is 41.8 Å². The van der Waals surface area contributed by atoms with Gasteiger partial charge in [-0.25, -0.2) is 0 Å². The maximum Gasteiger partial charge on any atom is 0.254 e. The van der Waals surface area contributed by atoms with Crippen molar-refractivity contribution in [2.45, 2.75) is 32.2 Å². The third kappa shape index (κ3) is 5.63. The second-order valence-corrected chi connectivity index (χ2v) is 10.1. The number of benzene rings is 2. The van der Waals surface area contributed by atoms with Crippen LogP contribution in [0.15, 0.2) is 66.0 Å². The van der Waals surface area contributed by atoms with Gasteiger partial charge in [0.1, 0.15) is 0 Å².